The van der Waals surface area contributed by atoms with E-state index in [4.69, 9.17) is 0 Å². The van der Waals surface area contributed by atoms with Crippen LogP contribution in [0.15, 0.2) is 188 Å². The molecule has 0 aliphatic carbocycles. The molecule has 0 nitrogen and oxygen atoms in total. The molecule has 0 radical (unpaired) electrons. The molecular weight excluding hydrogens is 657 g/mol. The van der Waals surface area contributed by atoms with Crippen LogP contribution in [0, 0.1) is 0 Å². The Morgan fingerprint density at radius 3 is 1.74 bits per heavy atom. The molecule has 10 rings (SSSR count). The minimum atomic E-state index is 0.946. The van der Waals surface area contributed by atoms with E-state index in [1.54, 1.807) is 0 Å². The number of thiophene rings is 1. The topological polar surface area (TPSA) is 0 Å². The van der Waals surface area contributed by atoms with Crippen molar-refractivity contribution in [3.63, 3.8) is 0 Å². The maximum atomic E-state index is 2.46. The molecule has 0 bridgehead atoms. The van der Waals surface area contributed by atoms with Crippen LogP contribution in [0.3, 0.4) is 0 Å². The Hall–Kier alpha value is -6.28. The standard InChI is InChI=1S/C52H36S/c1-2-11-39-31-41(26-25-36(39)9-1)44-30-29-42-32-40(27-28-43(42)33-44)37-22-19-35(20-23-37)21-24-45(48-16-7-12-38-10-3-4-14-47(38)48)34-46-13-8-18-51-52(46)49-15-5-6-17-50(49)53-51/h1-20,22-23,25-34H,21,24H2/b45-34-. The highest BCUT2D eigenvalue weighted by atomic mass is 32.1. The molecule has 1 heterocycles. The van der Waals surface area contributed by atoms with Crippen molar-refractivity contribution < 1.29 is 0 Å². The summed E-state index contributed by atoms with van der Waals surface area (Å²) < 4.78 is 2.68. The van der Waals surface area contributed by atoms with Crippen LogP contribution in [0.4, 0.5) is 0 Å². The highest BCUT2D eigenvalue weighted by molar-refractivity contribution is 7.25. The summed E-state index contributed by atoms with van der Waals surface area (Å²) in [6.45, 7) is 0. The van der Waals surface area contributed by atoms with Gasteiger partial charge in [-0.1, -0.05) is 164 Å². The summed E-state index contributed by atoms with van der Waals surface area (Å²) in [4.78, 5) is 0. The summed E-state index contributed by atoms with van der Waals surface area (Å²) in [5.41, 5.74) is 10.3. The van der Waals surface area contributed by atoms with E-state index in [0.29, 0.717) is 0 Å². The molecule has 53 heavy (non-hydrogen) atoms. The fourth-order valence-corrected chi connectivity index (χ4v) is 9.16. The van der Waals surface area contributed by atoms with E-state index < -0.39 is 0 Å². The highest BCUT2D eigenvalue weighted by Crippen LogP contribution is 2.39. The zero-order valence-corrected chi connectivity index (χ0v) is 30.1. The fraction of sp³-hybridized carbons (Fsp3) is 0.0385. The van der Waals surface area contributed by atoms with Gasteiger partial charge in [-0.2, -0.15) is 0 Å². The minimum Gasteiger partial charge on any atom is -0.135 e. The Bertz CT molecular complexity index is 2990. The number of rotatable bonds is 7. The van der Waals surface area contributed by atoms with Crippen LogP contribution >= 0.6 is 11.3 Å². The number of benzene rings is 9. The van der Waals surface area contributed by atoms with Gasteiger partial charge < -0.3 is 0 Å². The van der Waals surface area contributed by atoms with Gasteiger partial charge in [-0.3, -0.25) is 0 Å². The van der Waals surface area contributed by atoms with Crippen molar-refractivity contribution in [1.82, 2.24) is 0 Å². The zero-order chi connectivity index (χ0) is 35.1. The summed E-state index contributed by atoms with van der Waals surface area (Å²) in [5, 5.41) is 10.3. The van der Waals surface area contributed by atoms with Crippen molar-refractivity contribution in [2.45, 2.75) is 12.8 Å². The molecule has 0 N–H and O–H groups in total. The van der Waals surface area contributed by atoms with Gasteiger partial charge in [-0.25, -0.2) is 0 Å². The predicted molar refractivity (Wildman–Crippen MR) is 232 cm³/mol. The van der Waals surface area contributed by atoms with Crippen LogP contribution in [0.5, 0.6) is 0 Å². The highest BCUT2D eigenvalue weighted by Gasteiger charge is 2.12. The number of allylic oxidation sites excluding steroid dienone is 1. The van der Waals surface area contributed by atoms with E-state index in [1.165, 1.54) is 97.0 Å². The zero-order valence-electron chi connectivity index (χ0n) is 29.3. The molecule has 10 aromatic rings. The molecule has 0 aliphatic rings. The lowest BCUT2D eigenvalue weighted by molar-refractivity contribution is 1.02. The molecule has 9 aromatic carbocycles. The van der Waals surface area contributed by atoms with Gasteiger partial charge >= 0.3 is 0 Å². The number of fused-ring (bicyclic) bond motifs is 6. The smallest absolute Gasteiger partial charge is 0.0361 e. The lowest BCUT2D eigenvalue weighted by Gasteiger charge is -2.13. The SMILES string of the molecule is C(=C(\CCc1ccc(-c2ccc3cc(-c4ccc5ccccc5c4)ccc3c2)cc1)c1cccc2ccccc12)/c1cccc2sc3ccccc3c12. The van der Waals surface area contributed by atoms with Crippen LogP contribution < -0.4 is 0 Å². The number of hydrogen-bond acceptors (Lipinski definition) is 1. The molecule has 0 aliphatic heterocycles. The van der Waals surface area contributed by atoms with E-state index in [1.807, 2.05) is 11.3 Å². The van der Waals surface area contributed by atoms with Gasteiger partial charge in [0.1, 0.15) is 0 Å². The van der Waals surface area contributed by atoms with Crippen molar-refractivity contribution in [3.05, 3.63) is 205 Å². The second kappa shape index (κ2) is 13.4. The third-order valence-corrected chi connectivity index (χ3v) is 11.9. The minimum absolute atomic E-state index is 0.946. The molecule has 1 heteroatoms. The van der Waals surface area contributed by atoms with Crippen molar-refractivity contribution >= 4 is 75.5 Å². The Balaban J connectivity index is 0.946. The van der Waals surface area contributed by atoms with E-state index in [0.717, 1.165) is 12.8 Å². The summed E-state index contributed by atoms with van der Waals surface area (Å²) in [6, 6.07) is 69.3. The Morgan fingerprint density at radius 1 is 0.415 bits per heavy atom. The van der Waals surface area contributed by atoms with Gasteiger partial charge in [0.05, 0.1) is 0 Å². The first kappa shape index (κ1) is 31.5. The predicted octanol–water partition coefficient (Wildman–Crippen LogP) is 15.0. The van der Waals surface area contributed by atoms with Crippen LogP contribution in [0.2, 0.25) is 0 Å². The van der Waals surface area contributed by atoms with Gasteiger partial charge in [0.2, 0.25) is 0 Å². The molecule has 0 fully saturated rings. The normalized spacial score (nSPS) is 12.0. The third-order valence-electron chi connectivity index (χ3n) is 10.8. The molecule has 0 spiro atoms. The van der Waals surface area contributed by atoms with Crippen LogP contribution in [-0.4, -0.2) is 0 Å². The summed E-state index contributed by atoms with van der Waals surface area (Å²) in [6.07, 6.45) is 4.37. The molecule has 0 saturated heterocycles. The van der Waals surface area contributed by atoms with Gasteiger partial charge in [-0.15, -0.1) is 11.3 Å². The number of hydrogen-bond donors (Lipinski definition) is 0. The average molecular weight is 693 g/mol. The first-order chi connectivity index (χ1) is 26.2. The van der Waals surface area contributed by atoms with Crippen LogP contribution in [0.1, 0.15) is 23.1 Å². The quantitative estimate of drug-likeness (QED) is 0.146. The van der Waals surface area contributed by atoms with Gasteiger partial charge in [0.25, 0.3) is 0 Å². The lowest BCUT2D eigenvalue weighted by Crippen LogP contribution is -1.93. The third kappa shape index (κ3) is 6.00. The van der Waals surface area contributed by atoms with E-state index in [-0.39, 0.29) is 0 Å². The van der Waals surface area contributed by atoms with Crippen molar-refractivity contribution in [3.8, 4) is 22.3 Å². The maximum absolute atomic E-state index is 2.46. The molecule has 250 valence electrons. The molecular formula is C52H36S. The molecule has 0 unspecified atom stereocenters. The van der Waals surface area contributed by atoms with Crippen LogP contribution in [-0.2, 0) is 6.42 Å². The van der Waals surface area contributed by atoms with E-state index in [9.17, 15) is 0 Å². The Kier molecular flexibility index (Phi) is 7.93. The van der Waals surface area contributed by atoms with Crippen LogP contribution in [0.25, 0.3) is 86.4 Å². The van der Waals surface area contributed by atoms with E-state index in [2.05, 4.69) is 194 Å². The van der Waals surface area contributed by atoms with Crippen molar-refractivity contribution in [2.24, 2.45) is 0 Å². The average Bonchev–Trinajstić information content (AvgIpc) is 3.61. The van der Waals surface area contributed by atoms with E-state index >= 15 is 0 Å². The van der Waals surface area contributed by atoms with Crippen molar-refractivity contribution in [1.29, 1.82) is 0 Å². The first-order valence-corrected chi connectivity index (χ1v) is 19.3. The summed E-state index contributed by atoms with van der Waals surface area (Å²) >= 11 is 1.88. The Labute approximate surface area is 313 Å². The lowest BCUT2D eigenvalue weighted by atomic mass is 9.91. The molecule has 0 saturated carbocycles. The monoisotopic (exact) mass is 692 g/mol. The summed E-state index contributed by atoms with van der Waals surface area (Å²) in [5.74, 6) is 0. The van der Waals surface area contributed by atoms with Gasteiger partial charge in [0.15, 0.2) is 0 Å². The molecule has 0 atom stereocenters. The maximum Gasteiger partial charge on any atom is 0.0361 e. The number of aryl methyl sites for hydroxylation is 1. The first-order valence-electron chi connectivity index (χ1n) is 18.4. The van der Waals surface area contributed by atoms with Gasteiger partial charge in [-0.05, 0) is 120 Å². The fourth-order valence-electron chi connectivity index (χ4n) is 8.02. The van der Waals surface area contributed by atoms with Crippen molar-refractivity contribution in [2.75, 3.05) is 0 Å². The molecule has 0 amide bonds. The van der Waals surface area contributed by atoms with Gasteiger partial charge in [0, 0.05) is 20.2 Å². The molecule has 1 aromatic heterocycles. The second-order valence-electron chi connectivity index (χ2n) is 14.1. The Morgan fingerprint density at radius 2 is 0.962 bits per heavy atom. The summed E-state index contributed by atoms with van der Waals surface area (Å²) in [7, 11) is 0. The second-order valence-corrected chi connectivity index (χ2v) is 15.1. The largest absolute Gasteiger partial charge is 0.135 e.